The van der Waals surface area contributed by atoms with Crippen LogP contribution in [0.3, 0.4) is 0 Å². The molecular weight excluding hydrogens is 304 g/mol. The SMILES string of the molecule is NCC1(C(=O)NC2CCOc3c(Cl)cccc32)CCOCC1. The number of amides is 1. The van der Waals surface area contributed by atoms with E-state index in [2.05, 4.69) is 5.32 Å². The van der Waals surface area contributed by atoms with Gasteiger partial charge < -0.3 is 20.5 Å². The maximum absolute atomic E-state index is 12.8. The molecule has 0 spiro atoms. The normalized spacial score (nSPS) is 23.3. The molecule has 1 atom stereocenters. The summed E-state index contributed by atoms with van der Waals surface area (Å²) >= 11 is 6.17. The van der Waals surface area contributed by atoms with Crippen molar-refractivity contribution in [2.75, 3.05) is 26.4 Å². The van der Waals surface area contributed by atoms with Gasteiger partial charge in [-0.1, -0.05) is 23.7 Å². The van der Waals surface area contributed by atoms with Crippen LogP contribution < -0.4 is 15.8 Å². The number of nitrogens with two attached hydrogens (primary N) is 1. The lowest BCUT2D eigenvalue weighted by Gasteiger charge is -2.37. The first-order valence-electron chi connectivity index (χ1n) is 7.66. The first kappa shape index (κ1) is 15.6. The Balaban J connectivity index is 1.79. The Morgan fingerprint density at radius 2 is 2.14 bits per heavy atom. The number of carbonyl (C=O) groups is 1. The molecule has 2 aliphatic heterocycles. The second-order valence-electron chi connectivity index (χ2n) is 5.92. The fourth-order valence-corrected chi connectivity index (χ4v) is 3.37. The van der Waals surface area contributed by atoms with E-state index in [9.17, 15) is 4.79 Å². The average Bonchev–Trinajstić information content (AvgIpc) is 2.56. The highest BCUT2D eigenvalue weighted by Gasteiger charge is 2.40. The van der Waals surface area contributed by atoms with Gasteiger partial charge in [-0.25, -0.2) is 0 Å². The van der Waals surface area contributed by atoms with Crippen molar-refractivity contribution in [3.63, 3.8) is 0 Å². The van der Waals surface area contributed by atoms with Gasteiger partial charge >= 0.3 is 0 Å². The molecule has 1 aromatic carbocycles. The van der Waals surface area contributed by atoms with Gasteiger partial charge in [0.15, 0.2) is 0 Å². The minimum Gasteiger partial charge on any atom is -0.492 e. The molecule has 0 radical (unpaired) electrons. The number of para-hydroxylation sites is 1. The number of rotatable bonds is 3. The Kier molecular flexibility index (Phi) is 4.57. The van der Waals surface area contributed by atoms with Crippen LogP contribution in [0.4, 0.5) is 0 Å². The summed E-state index contributed by atoms with van der Waals surface area (Å²) in [6.45, 7) is 2.05. The highest BCUT2D eigenvalue weighted by Crippen LogP contribution is 2.38. The monoisotopic (exact) mass is 324 g/mol. The number of benzene rings is 1. The Labute approximate surface area is 135 Å². The Morgan fingerprint density at radius 3 is 2.86 bits per heavy atom. The van der Waals surface area contributed by atoms with E-state index in [0.29, 0.717) is 50.0 Å². The third kappa shape index (κ3) is 2.81. The fraction of sp³-hybridized carbons (Fsp3) is 0.562. The molecule has 2 aliphatic rings. The summed E-state index contributed by atoms with van der Waals surface area (Å²) in [6, 6.07) is 5.54. The van der Waals surface area contributed by atoms with Gasteiger partial charge in [0, 0.05) is 31.7 Å². The van der Waals surface area contributed by atoms with Crippen LogP contribution in [0.15, 0.2) is 18.2 Å². The zero-order valence-corrected chi connectivity index (χ0v) is 13.2. The maximum atomic E-state index is 12.8. The molecule has 0 bridgehead atoms. The van der Waals surface area contributed by atoms with Crippen LogP contribution in [-0.2, 0) is 9.53 Å². The minimum absolute atomic E-state index is 0.0103. The Hall–Kier alpha value is -1.30. The van der Waals surface area contributed by atoms with E-state index in [1.807, 2.05) is 12.1 Å². The summed E-state index contributed by atoms with van der Waals surface area (Å²) < 4.78 is 11.0. The first-order chi connectivity index (χ1) is 10.7. The van der Waals surface area contributed by atoms with Crippen molar-refractivity contribution in [3.05, 3.63) is 28.8 Å². The minimum atomic E-state index is -0.519. The molecule has 0 aromatic heterocycles. The molecule has 1 unspecified atom stereocenters. The molecule has 120 valence electrons. The van der Waals surface area contributed by atoms with Crippen LogP contribution in [-0.4, -0.2) is 32.3 Å². The summed E-state index contributed by atoms with van der Waals surface area (Å²) in [5.74, 6) is 0.686. The quantitative estimate of drug-likeness (QED) is 0.892. The summed E-state index contributed by atoms with van der Waals surface area (Å²) in [4.78, 5) is 12.8. The van der Waals surface area contributed by atoms with Crippen molar-refractivity contribution in [2.45, 2.75) is 25.3 Å². The van der Waals surface area contributed by atoms with Gasteiger partial charge in [-0.3, -0.25) is 4.79 Å². The largest absolute Gasteiger partial charge is 0.492 e. The summed E-state index contributed by atoms with van der Waals surface area (Å²) in [5, 5.41) is 3.73. The van der Waals surface area contributed by atoms with Crippen LogP contribution in [0.5, 0.6) is 5.75 Å². The Bertz CT molecular complexity index is 558. The molecule has 5 nitrogen and oxygen atoms in total. The second-order valence-corrected chi connectivity index (χ2v) is 6.33. The molecular formula is C16H21ClN2O3. The van der Waals surface area contributed by atoms with Gasteiger partial charge in [0.05, 0.1) is 23.1 Å². The lowest BCUT2D eigenvalue weighted by molar-refractivity contribution is -0.136. The van der Waals surface area contributed by atoms with Gasteiger partial charge in [0.2, 0.25) is 5.91 Å². The molecule has 1 saturated heterocycles. The van der Waals surface area contributed by atoms with Crippen LogP contribution in [0.1, 0.15) is 30.9 Å². The zero-order chi connectivity index (χ0) is 15.6. The predicted molar refractivity (Wildman–Crippen MR) is 84.0 cm³/mol. The van der Waals surface area contributed by atoms with Gasteiger partial charge in [0.25, 0.3) is 0 Å². The second kappa shape index (κ2) is 6.44. The predicted octanol–water partition coefficient (Wildman–Crippen LogP) is 2.04. The van der Waals surface area contributed by atoms with Crippen LogP contribution in [0.25, 0.3) is 0 Å². The molecule has 0 saturated carbocycles. The number of nitrogens with one attached hydrogen (secondary N) is 1. The number of ether oxygens (including phenoxy) is 2. The lowest BCUT2D eigenvalue weighted by Crippen LogP contribution is -2.50. The van der Waals surface area contributed by atoms with Crippen molar-refractivity contribution < 1.29 is 14.3 Å². The molecule has 1 aromatic rings. The van der Waals surface area contributed by atoms with Gasteiger partial charge in [-0.05, 0) is 18.9 Å². The summed E-state index contributed by atoms with van der Waals surface area (Å²) in [7, 11) is 0. The third-order valence-electron chi connectivity index (χ3n) is 4.65. The molecule has 2 heterocycles. The van der Waals surface area contributed by atoms with E-state index < -0.39 is 5.41 Å². The van der Waals surface area contributed by atoms with Crippen LogP contribution in [0.2, 0.25) is 5.02 Å². The van der Waals surface area contributed by atoms with Crippen molar-refractivity contribution in [2.24, 2.45) is 11.1 Å². The van der Waals surface area contributed by atoms with Crippen molar-refractivity contribution in [3.8, 4) is 5.75 Å². The molecule has 1 amide bonds. The van der Waals surface area contributed by atoms with Crippen molar-refractivity contribution >= 4 is 17.5 Å². The molecule has 22 heavy (non-hydrogen) atoms. The van der Waals surface area contributed by atoms with Gasteiger partial charge in [-0.2, -0.15) is 0 Å². The number of halogens is 1. The number of hydrogen-bond donors (Lipinski definition) is 2. The van der Waals surface area contributed by atoms with E-state index in [1.54, 1.807) is 6.07 Å². The summed E-state index contributed by atoms with van der Waals surface area (Å²) in [6.07, 6.45) is 2.07. The molecule has 1 fully saturated rings. The van der Waals surface area contributed by atoms with Crippen molar-refractivity contribution in [1.82, 2.24) is 5.32 Å². The third-order valence-corrected chi connectivity index (χ3v) is 4.95. The van der Waals surface area contributed by atoms with E-state index in [0.717, 1.165) is 12.0 Å². The average molecular weight is 325 g/mol. The lowest BCUT2D eigenvalue weighted by atomic mass is 9.79. The number of hydrogen-bond acceptors (Lipinski definition) is 4. The van der Waals surface area contributed by atoms with Crippen molar-refractivity contribution in [1.29, 1.82) is 0 Å². The molecule has 0 aliphatic carbocycles. The van der Waals surface area contributed by atoms with E-state index in [4.69, 9.17) is 26.8 Å². The molecule has 3 N–H and O–H groups in total. The highest BCUT2D eigenvalue weighted by molar-refractivity contribution is 6.32. The van der Waals surface area contributed by atoms with E-state index in [1.165, 1.54) is 0 Å². The Morgan fingerprint density at radius 1 is 1.36 bits per heavy atom. The standard InChI is InChI=1S/C16H21ClN2O3/c17-12-3-1-2-11-13(4-7-22-14(11)12)19-15(20)16(10-18)5-8-21-9-6-16/h1-3,13H,4-10,18H2,(H,19,20). The smallest absolute Gasteiger partial charge is 0.228 e. The number of fused-ring (bicyclic) bond motifs is 1. The van der Waals surface area contributed by atoms with E-state index >= 15 is 0 Å². The fourth-order valence-electron chi connectivity index (χ4n) is 3.13. The first-order valence-corrected chi connectivity index (χ1v) is 8.04. The maximum Gasteiger partial charge on any atom is 0.228 e. The van der Waals surface area contributed by atoms with Crippen LogP contribution in [0, 0.1) is 5.41 Å². The zero-order valence-electron chi connectivity index (χ0n) is 12.4. The van der Waals surface area contributed by atoms with Gasteiger partial charge in [-0.15, -0.1) is 0 Å². The topological polar surface area (TPSA) is 73.6 Å². The highest BCUT2D eigenvalue weighted by atomic mass is 35.5. The molecule has 3 rings (SSSR count). The van der Waals surface area contributed by atoms with E-state index in [-0.39, 0.29) is 11.9 Å². The molecule has 6 heteroatoms. The summed E-state index contributed by atoms with van der Waals surface area (Å²) in [5.41, 5.74) is 6.32. The van der Waals surface area contributed by atoms with Gasteiger partial charge in [0.1, 0.15) is 5.75 Å². The number of carbonyl (C=O) groups excluding carboxylic acids is 1. The van der Waals surface area contributed by atoms with Crippen LogP contribution >= 0.6 is 11.6 Å².